The fraction of sp³-hybridized carbons (Fsp3) is 0.316. The molecule has 2 rings (SSSR count). The number of carbonyl (C=O) groups excluding carboxylic acids is 1. The summed E-state index contributed by atoms with van der Waals surface area (Å²) < 4.78 is 16.5. The summed E-state index contributed by atoms with van der Waals surface area (Å²) in [6.45, 7) is 5.29. The summed E-state index contributed by atoms with van der Waals surface area (Å²) in [5.41, 5.74) is 0.558. The lowest BCUT2D eigenvalue weighted by Crippen LogP contribution is -2.03. The second-order valence-corrected chi connectivity index (χ2v) is 5.07. The van der Waals surface area contributed by atoms with Crippen LogP contribution < -0.4 is 9.47 Å². The normalized spacial score (nSPS) is 10.9. The predicted octanol–water partition coefficient (Wildman–Crippen LogP) is 4.75. The van der Waals surface area contributed by atoms with Gasteiger partial charge in [0.1, 0.15) is 5.76 Å². The van der Waals surface area contributed by atoms with Crippen LogP contribution in [-0.2, 0) is 0 Å². The van der Waals surface area contributed by atoms with Gasteiger partial charge in [-0.15, -0.1) is 0 Å². The predicted molar refractivity (Wildman–Crippen MR) is 90.1 cm³/mol. The maximum absolute atomic E-state index is 12.3. The van der Waals surface area contributed by atoms with Gasteiger partial charge in [-0.1, -0.05) is 13.8 Å². The Balaban J connectivity index is 2.15. The number of rotatable bonds is 9. The summed E-state index contributed by atoms with van der Waals surface area (Å²) >= 11 is 0. The molecular weight excluding hydrogens is 292 g/mol. The molecule has 0 amide bonds. The lowest BCUT2D eigenvalue weighted by Gasteiger charge is -2.12. The van der Waals surface area contributed by atoms with E-state index in [0.29, 0.717) is 36.0 Å². The van der Waals surface area contributed by atoms with Crippen molar-refractivity contribution in [1.29, 1.82) is 0 Å². The highest BCUT2D eigenvalue weighted by Gasteiger charge is 2.10. The van der Waals surface area contributed by atoms with E-state index in [1.165, 1.54) is 6.08 Å². The number of hydrogen-bond acceptors (Lipinski definition) is 4. The molecule has 0 atom stereocenters. The van der Waals surface area contributed by atoms with E-state index in [1.807, 2.05) is 13.8 Å². The van der Waals surface area contributed by atoms with E-state index in [9.17, 15) is 4.79 Å². The zero-order valence-corrected chi connectivity index (χ0v) is 13.6. The molecule has 1 heterocycles. The minimum absolute atomic E-state index is 0.107. The summed E-state index contributed by atoms with van der Waals surface area (Å²) in [7, 11) is 0. The second-order valence-electron chi connectivity index (χ2n) is 5.07. The van der Waals surface area contributed by atoms with Gasteiger partial charge in [-0.05, 0) is 55.3 Å². The first kappa shape index (κ1) is 16.9. The number of carbonyl (C=O) groups is 1. The van der Waals surface area contributed by atoms with Crippen LogP contribution in [0.2, 0.25) is 0 Å². The summed E-state index contributed by atoms with van der Waals surface area (Å²) in [4.78, 5) is 12.3. The first-order chi connectivity index (χ1) is 11.2. The Morgan fingerprint density at radius 2 is 1.83 bits per heavy atom. The van der Waals surface area contributed by atoms with Crippen LogP contribution in [0.4, 0.5) is 0 Å². The second kappa shape index (κ2) is 8.83. The van der Waals surface area contributed by atoms with Gasteiger partial charge in [0.25, 0.3) is 0 Å². The molecule has 0 aliphatic rings. The van der Waals surface area contributed by atoms with Crippen LogP contribution in [-0.4, -0.2) is 19.0 Å². The van der Waals surface area contributed by atoms with Crippen LogP contribution in [0.15, 0.2) is 47.1 Å². The van der Waals surface area contributed by atoms with Crippen molar-refractivity contribution in [1.82, 2.24) is 0 Å². The van der Waals surface area contributed by atoms with E-state index in [-0.39, 0.29) is 5.78 Å². The van der Waals surface area contributed by atoms with Gasteiger partial charge in [0.15, 0.2) is 17.3 Å². The van der Waals surface area contributed by atoms with E-state index in [1.54, 1.807) is 42.7 Å². The molecule has 0 aliphatic carbocycles. The average molecular weight is 314 g/mol. The fourth-order valence-corrected chi connectivity index (χ4v) is 1.96. The third kappa shape index (κ3) is 5.02. The summed E-state index contributed by atoms with van der Waals surface area (Å²) in [6, 6.07) is 8.84. The molecule has 2 aromatic rings. The quantitative estimate of drug-likeness (QED) is 0.495. The SMILES string of the molecule is CCCOc1ccc(C(=O)C=Cc2ccco2)cc1OCCC. The first-order valence-corrected chi connectivity index (χ1v) is 7.90. The molecule has 0 radical (unpaired) electrons. The van der Waals surface area contributed by atoms with Crippen molar-refractivity contribution in [3.63, 3.8) is 0 Å². The maximum atomic E-state index is 12.3. The Morgan fingerprint density at radius 3 is 2.48 bits per heavy atom. The van der Waals surface area contributed by atoms with Crippen molar-refractivity contribution in [3.8, 4) is 11.5 Å². The van der Waals surface area contributed by atoms with Crippen LogP contribution in [0.25, 0.3) is 6.08 Å². The Labute approximate surface area is 136 Å². The molecular formula is C19H22O4. The lowest BCUT2D eigenvalue weighted by molar-refractivity contribution is 0.104. The zero-order valence-electron chi connectivity index (χ0n) is 13.6. The summed E-state index contributed by atoms with van der Waals surface area (Å²) in [5.74, 6) is 1.82. The third-order valence-corrected chi connectivity index (χ3v) is 3.09. The van der Waals surface area contributed by atoms with Gasteiger partial charge in [0, 0.05) is 5.56 Å². The van der Waals surface area contributed by atoms with Crippen LogP contribution in [0.3, 0.4) is 0 Å². The molecule has 4 nitrogen and oxygen atoms in total. The van der Waals surface area contributed by atoms with Crippen molar-refractivity contribution in [2.24, 2.45) is 0 Å². The Bertz CT molecular complexity index is 641. The van der Waals surface area contributed by atoms with Gasteiger partial charge in [-0.25, -0.2) is 0 Å². The Hall–Kier alpha value is -2.49. The molecule has 0 bridgehead atoms. The molecule has 0 unspecified atom stereocenters. The van der Waals surface area contributed by atoms with Gasteiger partial charge in [-0.3, -0.25) is 4.79 Å². The van der Waals surface area contributed by atoms with Gasteiger partial charge in [0.2, 0.25) is 0 Å². The summed E-state index contributed by atoms with van der Waals surface area (Å²) in [5, 5.41) is 0. The maximum Gasteiger partial charge on any atom is 0.186 e. The van der Waals surface area contributed by atoms with E-state index >= 15 is 0 Å². The van der Waals surface area contributed by atoms with Gasteiger partial charge >= 0.3 is 0 Å². The zero-order chi connectivity index (χ0) is 16.5. The molecule has 0 N–H and O–H groups in total. The molecule has 0 aliphatic heterocycles. The van der Waals surface area contributed by atoms with Gasteiger partial charge < -0.3 is 13.9 Å². The minimum Gasteiger partial charge on any atom is -0.490 e. The summed E-state index contributed by atoms with van der Waals surface area (Å²) in [6.07, 6.45) is 6.52. The van der Waals surface area contributed by atoms with E-state index in [2.05, 4.69) is 0 Å². The highest BCUT2D eigenvalue weighted by molar-refractivity contribution is 6.07. The van der Waals surface area contributed by atoms with E-state index < -0.39 is 0 Å². The smallest absolute Gasteiger partial charge is 0.186 e. The van der Waals surface area contributed by atoms with Crippen LogP contribution >= 0.6 is 0 Å². The number of hydrogen-bond donors (Lipinski definition) is 0. The number of allylic oxidation sites excluding steroid dienone is 1. The number of furan rings is 1. The first-order valence-electron chi connectivity index (χ1n) is 7.90. The lowest BCUT2D eigenvalue weighted by atomic mass is 10.1. The van der Waals surface area contributed by atoms with Crippen molar-refractivity contribution < 1.29 is 18.7 Å². The molecule has 0 spiro atoms. The highest BCUT2D eigenvalue weighted by Crippen LogP contribution is 2.29. The molecule has 0 saturated heterocycles. The molecule has 1 aromatic heterocycles. The van der Waals surface area contributed by atoms with Crippen molar-refractivity contribution >= 4 is 11.9 Å². The van der Waals surface area contributed by atoms with Crippen LogP contribution in [0.5, 0.6) is 11.5 Å². The third-order valence-electron chi connectivity index (χ3n) is 3.09. The minimum atomic E-state index is -0.107. The van der Waals surface area contributed by atoms with Crippen molar-refractivity contribution in [2.45, 2.75) is 26.7 Å². The molecule has 122 valence electrons. The van der Waals surface area contributed by atoms with Crippen molar-refractivity contribution in [3.05, 3.63) is 54.0 Å². The fourth-order valence-electron chi connectivity index (χ4n) is 1.96. The topological polar surface area (TPSA) is 48.7 Å². The standard InChI is InChI=1S/C19H22O4/c1-3-11-22-18-10-7-15(14-19(18)23-12-4-2)17(20)9-8-16-6-5-13-21-16/h5-10,13-14H,3-4,11-12H2,1-2H3. The molecule has 23 heavy (non-hydrogen) atoms. The van der Waals surface area contributed by atoms with Crippen molar-refractivity contribution in [2.75, 3.05) is 13.2 Å². The van der Waals surface area contributed by atoms with E-state index in [0.717, 1.165) is 12.8 Å². The van der Waals surface area contributed by atoms with Crippen LogP contribution in [0.1, 0.15) is 42.8 Å². The van der Waals surface area contributed by atoms with Gasteiger partial charge in [0.05, 0.1) is 19.5 Å². The molecule has 0 fully saturated rings. The van der Waals surface area contributed by atoms with Gasteiger partial charge in [-0.2, -0.15) is 0 Å². The Morgan fingerprint density at radius 1 is 1.09 bits per heavy atom. The average Bonchev–Trinajstić information content (AvgIpc) is 3.09. The molecule has 0 saturated carbocycles. The monoisotopic (exact) mass is 314 g/mol. The Kier molecular flexibility index (Phi) is 6.48. The number of ether oxygens (including phenoxy) is 2. The van der Waals surface area contributed by atoms with E-state index in [4.69, 9.17) is 13.9 Å². The van der Waals surface area contributed by atoms with Crippen LogP contribution in [0, 0.1) is 0 Å². The highest BCUT2D eigenvalue weighted by atomic mass is 16.5. The number of ketones is 1. The molecule has 1 aromatic carbocycles. The number of benzene rings is 1. The largest absolute Gasteiger partial charge is 0.490 e. The molecule has 4 heteroatoms.